The molecule has 0 N–H and O–H groups in total. The lowest BCUT2D eigenvalue weighted by Gasteiger charge is -2.45. The zero-order chi connectivity index (χ0) is 29.7. The third kappa shape index (κ3) is 9.45. The van der Waals surface area contributed by atoms with Gasteiger partial charge < -0.3 is 23.4 Å². The van der Waals surface area contributed by atoms with Crippen molar-refractivity contribution in [1.82, 2.24) is 0 Å². The summed E-state index contributed by atoms with van der Waals surface area (Å²) < 4.78 is 26.6. The fourth-order valence-electron chi connectivity index (χ4n) is 5.85. The van der Waals surface area contributed by atoms with E-state index in [1.54, 1.807) is 0 Å². The Labute approximate surface area is 248 Å². The fourth-order valence-corrected chi connectivity index (χ4v) is 11.3. The molecular formula is C35H48O5Si. The van der Waals surface area contributed by atoms with Gasteiger partial charge >= 0.3 is 0 Å². The largest absolute Gasteiger partial charge is 0.411 e. The minimum Gasteiger partial charge on any atom is -0.411 e. The summed E-state index contributed by atoms with van der Waals surface area (Å²) in [5.41, 5.74) is 4.21. The zero-order valence-electron chi connectivity index (χ0n) is 25.6. The molecule has 6 heteroatoms. The van der Waals surface area contributed by atoms with Crippen LogP contribution >= 0.6 is 0 Å². The maximum Gasteiger partial charge on any atom is 0.200 e. The first-order valence-electron chi connectivity index (χ1n) is 14.8. The van der Waals surface area contributed by atoms with E-state index in [1.165, 1.54) is 0 Å². The van der Waals surface area contributed by atoms with E-state index in [9.17, 15) is 4.79 Å². The summed E-state index contributed by atoms with van der Waals surface area (Å²) in [7, 11) is -2.28. The van der Waals surface area contributed by atoms with Crippen LogP contribution in [0, 0.1) is 0 Å². The number of benzene rings is 3. The van der Waals surface area contributed by atoms with Crippen LogP contribution in [0.2, 0.25) is 16.6 Å². The van der Waals surface area contributed by atoms with Crippen LogP contribution in [0.5, 0.6) is 0 Å². The summed E-state index contributed by atoms with van der Waals surface area (Å²) in [6, 6.07) is 29.9. The molecule has 0 aliphatic carbocycles. The van der Waals surface area contributed by atoms with Crippen molar-refractivity contribution in [3.63, 3.8) is 0 Å². The molecule has 3 aromatic rings. The first-order valence-corrected chi connectivity index (χ1v) is 17.0. The van der Waals surface area contributed by atoms with Crippen LogP contribution in [0.15, 0.2) is 91.0 Å². The van der Waals surface area contributed by atoms with Crippen molar-refractivity contribution in [2.24, 2.45) is 0 Å². The molecule has 0 aromatic heterocycles. The molecule has 0 heterocycles. The Balaban J connectivity index is 1.96. The van der Waals surface area contributed by atoms with Crippen LogP contribution < -0.4 is 0 Å². The van der Waals surface area contributed by atoms with Crippen molar-refractivity contribution in [3.05, 3.63) is 108 Å². The summed E-state index contributed by atoms with van der Waals surface area (Å²) >= 11 is 0. The Hall–Kier alpha value is -2.61. The lowest BCUT2D eigenvalue weighted by Crippen LogP contribution is -2.53. The lowest BCUT2D eigenvalue weighted by atomic mass is 10.1. The number of ether oxygens (including phenoxy) is 3. The normalized spacial score (nSPS) is 13.2. The van der Waals surface area contributed by atoms with Gasteiger partial charge in [0.25, 0.3) is 0 Å². The van der Waals surface area contributed by atoms with E-state index in [-0.39, 0.29) is 13.0 Å². The van der Waals surface area contributed by atoms with E-state index < -0.39 is 20.2 Å². The fraction of sp³-hybridized carbons (Fsp3) is 0.457. The molecule has 0 saturated heterocycles. The second-order valence-corrected chi connectivity index (χ2v) is 17.2. The maximum atomic E-state index is 12.4. The minimum absolute atomic E-state index is 0.210. The van der Waals surface area contributed by atoms with Crippen LogP contribution in [0.4, 0.5) is 0 Å². The molecule has 1 atom stereocenters. The number of hydrogen-bond acceptors (Lipinski definition) is 5. The Morgan fingerprint density at radius 2 is 1.02 bits per heavy atom. The SMILES string of the molecule is CC(C)[Si](OCC(CC(C=O)OCc1ccccc1)(OCc1ccccc1)OCc1ccccc1)(C(C)C)C(C)C. The number of carbonyl (C=O) groups is 1. The maximum absolute atomic E-state index is 12.4. The van der Waals surface area contributed by atoms with Crippen LogP contribution in [0.1, 0.15) is 64.7 Å². The van der Waals surface area contributed by atoms with Gasteiger partial charge in [0, 0.05) is 6.42 Å². The molecule has 0 amide bonds. The van der Waals surface area contributed by atoms with Crippen molar-refractivity contribution < 1.29 is 23.4 Å². The average molecular weight is 577 g/mol. The van der Waals surface area contributed by atoms with Gasteiger partial charge in [0.1, 0.15) is 12.4 Å². The zero-order valence-corrected chi connectivity index (χ0v) is 26.6. The second-order valence-electron chi connectivity index (χ2n) is 11.7. The molecule has 0 saturated carbocycles. The van der Waals surface area contributed by atoms with Gasteiger partial charge in [-0.15, -0.1) is 0 Å². The summed E-state index contributed by atoms with van der Waals surface area (Å²) in [4.78, 5) is 12.4. The minimum atomic E-state index is -2.28. The lowest BCUT2D eigenvalue weighted by molar-refractivity contribution is -0.276. The predicted molar refractivity (Wildman–Crippen MR) is 168 cm³/mol. The summed E-state index contributed by atoms with van der Waals surface area (Å²) in [6.45, 7) is 14.8. The molecule has 0 aliphatic heterocycles. The average Bonchev–Trinajstić information content (AvgIpc) is 2.98. The molecule has 0 bridgehead atoms. The molecule has 0 radical (unpaired) electrons. The van der Waals surface area contributed by atoms with Crippen LogP contribution in [0.25, 0.3) is 0 Å². The predicted octanol–water partition coefficient (Wildman–Crippen LogP) is 8.48. The molecule has 222 valence electrons. The summed E-state index contributed by atoms with van der Waals surface area (Å²) in [5, 5.41) is 0. The Morgan fingerprint density at radius 3 is 1.39 bits per heavy atom. The molecule has 41 heavy (non-hydrogen) atoms. The quantitative estimate of drug-likeness (QED) is 0.0863. The standard InChI is InChI=1S/C35H48O5Si/c1-28(2)41(29(3)4,30(5)6)40-27-35(38-25-32-18-12-8-13-19-32,39-26-33-20-14-9-15-21-33)22-34(23-36)37-24-31-16-10-7-11-17-31/h7-21,23,28-30,34H,22,24-27H2,1-6H3. The van der Waals surface area contributed by atoms with E-state index in [0.29, 0.717) is 36.4 Å². The van der Waals surface area contributed by atoms with Crippen LogP contribution in [-0.4, -0.2) is 33.1 Å². The third-order valence-electron chi connectivity index (χ3n) is 7.91. The van der Waals surface area contributed by atoms with E-state index in [0.717, 1.165) is 23.0 Å². The third-order valence-corrected chi connectivity index (χ3v) is 14.0. The van der Waals surface area contributed by atoms with Gasteiger partial charge in [-0.25, -0.2) is 0 Å². The van der Waals surface area contributed by atoms with Gasteiger partial charge in [-0.05, 0) is 33.3 Å². The molecule has 0 aliphatic rings. The molecule has 1 unspecified atom stereocenters. The highest BCUT2D eigenvalue weighted by Gasteiger charge is 2.48. The number of rotatable bonds is 18. The summed E-state index contributed by atoms with van der Waals surface area (Å²) in [6.07, 6.45) is 0.327. The number of carbonyl (C=O) groups excluding carboxylic acids is 1. The van der Waals surface area contributed by atoms with Gasteiger partial charge in [-0.3, -0.25) is 0 Å². The highest BCUT2D eigenvalue weighted by atomic mass is 28.4. The van der Waals surface area contributed by atoms with E-state index >= 15 is 0 Å². The molecule has 3 rings (SSSR count). The van der Waals surface area contributed by atoms with Crippen LogP contribution in [0.3, 0.4) is 0 Å². The molecule has 3 aromatic carbocycles. The first kappa shape index (κ1) is 32.9. The number of aldehydes is 1. The Kier molecular flexibility index (Phi) is 12.9. The van der Waals surface area contributed by atoms with Crippen molar-refractivity contribution in [1.29, 1.82) is 0 Å². The highest BCUT2D eigenvalue weighted by molar-refractivity contribution is 6.77. The first-order chi connectivity index (χ1) is 19.7. The number of hydrogen-bond donors (Lipinski definition) is 0. The van der Waals surface area contributed by atoms with E-state index in [2.05, 4.69) is 41.5 Å². The van der Waals surface area contributed by atoms with Gasteiger partial charge in [-0.2, -0.15) is 0 Å². The van der Waals surface area contributed by atoms with Crippen molar-refractivity contribution in [2.45, 2.75) is 96.3 Å². The van der Waals surface area contributed by atoms with E-state index in [1.807, 2.05) is 91.0 Å². The van der Waals surface area contributed by atoms with Gasteiger partial charge in [0.05, 0.1) is 26.4 Å². The second kappa shape index (κ2) is 16.1. The smallest absolute Gasteiger partial charge is 0.200 e. The molecular weight excluding hydrogens is 528 g/mol. The molecule has 5 nitrogen and oxygen atoms in total. The van der Waals surface area contributed by atoms with Gasteiger partial charge in [0.15, 0.2) is 5.79 Å². The molecule has 0 spiro atoms. The Bertz CT molecular complexity index is 1070. The highest BCUT2D eigenvalue weighted by Crippen LogP contribution is 2.43. The summed E-state index contributed by atoms with van der Waals surface area (Å²) in [5.74, 6) is -1.20. The van der Waals surface area contributed by atoms with Gasteiger partial charge in [-0.1, -0.05) is 133 Å². The topological polar surface area (TPSA) is 54.0 Å². The Morgan fingerprint density at radius 1 is 0.634 bits per heavy atom. The van der Waals surface area contributed by atoms with Crippen molar-refractivity contribution in [2.75, 3.05) is 6.61 Å². The monoisotopic (exact) mass is 576 g/mol. The molecule has 0 fully saturated rings. The van der Waals surface area contributed by atoms with Crippen molar-refractivity contribution >= 4 is 14.6 Å². The van der Waals surface area contributed by atoms with Gasteiger partial charge in [0.2, 0.25) is 8.32 Å². The van der Waals surface area contributed by atoms with Crippen molar-refractivity contribution in [3.8, 4) is 0 Å². The van der Waals surface area contributed by atoms with E-state index in [4.69, 9.17) is 18.6 Å². The van der Waals surface area contributed by atoms with Crippen LogP contribution in [-0.2, 0) is 43.3 Å².